The van der Waals surface area contributed by atoms with E-state index in [0.29, 0.717) is 18.8 Å². The third-order valence-electron chi connectivity index (χ3n) is 1.74. The van der Waals surface area contributed by atoms with Gasteiger partial charge in [-0.25, -0.2) is 4.79 Å². The summed E-state index contributed by atoms with van der Waals surface area (Å²) in [5, 5.41) is 17.5. The van der Waals surface area contributed by atoms with Crippen molar-refractivity contribution >= 4 is 17.6 Å². The minimum Gasteiger partial charge on any atom is -0.492 e. The molecule has 0 aromatic heterocycles. The van der Waals surface area contributed by atoms with Gasteiger partial charge >= 0.3 is 5.97 Å². The van der Waals surface area contributed by atoms with Gasteiger partial charge < -0.3 is 14.9 Å². The molecule has 0 aliphatic heterocycles. The fourth-order valence-corrected chi connectivity index (χ4v) is 1.23. The number of hydrogen-bond donors (Lipinski definition) is 2. The van der Waals surface area contributed by atoms with Crippen LogP contribution in [0.1, 0.15) is 16.8 Å². The van der Waals surface area contributed by atoms with Crippen molar-refractivity contribution in [3.05, 3.63) is 28.8 Å². The molecule has 15 heavy (non-hydrogen) atoms. The highest BCUT2D eigenvalue weighted by atomic mass is 35.5. The van der Waals surface area contributed by atoms with Crippen LogP contribution in [0.4, 0.5) is 0 Å². The number of hydrogen-bond acceptors (Lipinski definition) is 3. The molecule has 1 aromatic rings. The fourth-order valence-electron chi connectivity index (χ4n) is 0.998. The highest BCUT2D eigenvalue weighted by molar-refractivity contribution is 6.32. The van der Waals surface area contributed by atoms with Crippen molar-refractivity contribution in [1.82, 2.24) is 0 Å². The summed E-state index contributed by atoms with van der Waals surface area (Å²) in [5.41, 5.74) is 0.120. The molecule has 0 spiro atoms. The topological polar surface area (TPSA) is 66.8 Å². The molecule has 0 saturated carbocycles. The Morgan fingerprint density at radius 2 is 2.20 bits per heavy atom. The van der Waals surface area contributed by atoms with Gasteiger partial charge in [-0.05, 0) is 18.2 Å². The Kier molecular flexibility index (Phi) is 4.39. The lowest BCUT2D eigenvalue weighted by atomic mass is 10.2. The van der Waals surface area contributed by atoms with Gasteiger partial charge in [-0.2, -0.15) is 0 Å². The first-order valence-electron chi connectivity index (χ1n) is 4.41. The number of benzene rings is 1. The first kappa shape index (κ1) is 11.8. The molecule has 0 radical (unpaired) electrons. The van der Waals surface area contributed by atoms with Crippen molar-refractivity contribution in [2.24, 2.45) is 0 Å². The summed E-state index contributed by atoms with van der Waals surface area (Å²) in [6.07, 6.45) is 0.511. The zero-order valence-electron chi connectivity index (χ0n) is 7.94. The van der Waals surface area contributed by atoms with E-state index in [0.717, 1.165) is 0 Å². The molecular weight excluding hydrogens is 220 g/mol. The Bertz CT molecular complexity index is 351. The predicted molar refractivity (Wildman–Crippen MR) is 55.6 cm³/mol. The highest BCUT2D eigenvalue weighted by Crippen LogP contribution is 2.25. The number of ether oxygens (including phenoxy) is 1. The molecule has 2 N–H and O–H groups in total. The van der Waals surface area contributed by atoms with Crippen molar-refractivity contribution in [2.75, 3.05) is 13.2 Å². The van der Waals surface area contributed by atoms with Gasteiger partial charge in [0.15, 0.2) is 0 Å². The number of aromatic carboxylic acids is 1. The minimum absolute atomic E-state index is 0.0465. The van der Waals surface area contributed by atoms with Crippen LogP contribution in [0.3, 0.4) is 0 Å². The van der Waals surface area contributed by atoms with E-state index >= 15 is 0 Å². The zero-order chi connectivity index (χ0) is 11.3. The van der Waals surface area contributed by atoms with Gasteiger partial charge in [0.05, 0.1) is 17.2 Å². The van der Waals surface area contributed by atoms with Crippen molar-refractivity contribution in [1.29, 1.82) is 0 Å². The molecule has 0 saturated heterocycles. The average molecular weight is 231 g/mol. The van der Waals surface area contributed by atoms with E-state index < -0.39 is 5.97 Å². The predicted octanol–water partition coefficient (Wildman–Crippen LogP) is 1.80. The number of aliphatic hydroxyl groups is 1. The van der Waals surface area contributed by atoms with Crippen LogP contribution in [0.15, 0.2) is 18.2 Å². The summed E-state index contributed by atoms with van der Waals surface area (Å²) in [5.74, 6) is -0.603. The molecule has 0 aliphatic carbocycles. The number of rotatable bonds is 5. The lowest BCUT2D eigenvalue weighted by Gasteiger charge is -2.07. The maximum atomic E-state index is 10.6. The first-order valence-corrected chi connectivity index (χ1v) is 4.79. The molecular formula is C10H11ClO4. The molecule has 5 heteroatoms. The smallest absolute Gasteiger partial charge is 0.335 e. The third kappa shape index (κ3) is 3.42. The summed E-state index contributed by atoms with van der Waals surface area (Å²) < 4.78 is 5.23. The number of aliphatic hydroxyl groups excluding tert-OH is 1. The van der Waals surface area contributed by atoms with Crippen LogP contribution in [-0.4, -0.2) is 29.4 Å². The van der Waals surface area contributed by atoms with Gasteiger partial charge in [0.25, 0.3) is 0 Å². The van der Waals surface area contributed by atoms with Crippen molar-refractivity contribution in [2.45, 2.75) is 6.42 Å². The Balaban J connectivity index is 2.70. The number of carboxylic acids is 1. The normalized spacial score (nSPS) is 10.0. The number of halogens is 1. The van der Waals surface area contributed by atoms with Gasteiger partial charge in [0.1, 0.15) is 5.75 Å². The second-order valence-corrected chi connectivity index (χ2v) is 3.28. The summed E-state index contributed by atoms with van der Waals surface area (Å²) >= 11 is 5.80. The van der Waals surface area contributed by atoms with Crippen LogP contribution in [0.5, 0.6) is 5.75 Å². The van der Waals surface area contributed by atoms with Gasteiger partial charge in [-0.1, -0.05) is 11.6 Å². The van der Waals surface area contributed by atoms with Crippen LogP contribution in [-0.2, 0) is 0 Å². The molecule has 0 fully saturated rings. The minimum atomic E-state index is -1.03. The fraction of sp³-hybridized carbons (Fsp3) is 0.300. The standard InChI is InChI=1S/C10H11ClO4/c11-8-6-7(10(13)14)2-3-9(8)15-5-1-4-12/h2-3,6,12H,1,4-5H2,(H,13,14). The molecule has 0 atom stereocenters. The van der Waals surface area contributed by atoms with Crippen LogP contribution in [0, 0.1) is 0 Å². The average Bonchev–Trinajstić information content (AvgIpc) is 2.20. The monoisotopic (exact) mass is 230 g/mol. The largest absolute Gasteiger partial charge is 0.492 e. The Hall–Kier alpha value is -1.26. The lowest BCUT2D eigenvalue weighted by Crippen LogP contribution is -2.01. The summed E-state index contributed by atoms with van der Waals surface area (Å²) in [7, 11) is 0. The van der Waals surface area contributed by atoms with Gasteiger partial charge in [-0.15, -0.1) is 0 Å². The second-order valence-electron chi connectivity index (χ2n) is 2.88. The SMILES string of the molecule is O=C(O)c1ccc(OCCCO)c(Cl)c1. The van der Waals surface area contributed by atoms with E-state index in [2.05, 4.69) is 0 Å². The van der Waals surface area contributed by atoms with Crippen LogP contribution >= 0.6 is 11.6 Å². The van der Waals surface area contributed by atoms with E-state index in [1.807, 2.05) is 0 Å². The molecule has 82 valence electrons. The quantitative estimate of drug-likeness (QED) is 0.757. The molecule has 0 heterocycles. The van der Waals surface area contributed by atoms with E-state index in [4.69, 9.17) is 26.6 Å². The maximum absolute atomic E-state index is 10.6. The van der Waals surface area contributed by atoms with Crippen molar-refractivity contribution < 1.29 is 19.7 Å². The summed E-state index contributed by atoms with van der Waals surface area (Å²) in [6, 6.07) is 4.25. The zero-order valence-corrected chi connectivity index (χ0v) is 8.70. The maximum Gasteiger partial charge on any atom is 0.335 e. The van der Waals surface area contributed by atoms with Crippen molar-refractivity contribution in [3.8, 4) is 5.75 Å². The first-order chi connectivity index (χ1) is 7.15. The van der Waals surface area contributed by atoms with E-state index in [1.54, 1.807) is 0 Å². The molecule has 0 amide bonds. The van der Waals surface area contributed by atoms with E-state index in [-0.39, 0.29) is 17.2 Å². The molecule has 4 nitrogen and oxygen atoms in total. The van der Waals surface area contributed by atoms with E-state index in [9.17, 15) is 4.79 Å². The number of carbonyl (C=O) groups is 1. The Morgan fingerprint density at radius 3 is 2.73 bits per heavy atom. The number of carboxylic acid groups (broad SMARTS) is 1. The van der Waals surface area contributed by atoms with Crippen molar-refractivity contribution in [3.63, 3.8) is 0 Å². The summed E-state index contributed by atoms with van der Waals surface area (Å²) in [6.45, 7) is 0.396. The van der Waals surface area contributed by atoms with Crippen LogP contribution < -0.4 is 4.74 Å². The van der Waals surface area contributed by atoms with Crippen LogP contribution in [0.2, 0.25) is 5.02 Å². The molecule has 0 unspecified atom stereocenters. The van der Waals surface area contributed by atoms with Crippen LogP contribution in [0.25, 0.3) is 0 Å². The Labute approximate surface area is 92.1 Å². The second kappa shape index (κ2) is 5.58. The Morgan fingerprint density at radius 1 is 1.47 bits per heavy atom. The van der Waals surface area contributed by atoms with E-state index in [1.165, 1.54) is 18.2 Å². The lowest BCUT2D eigenvalue weighted by molar-refractivity contribution is 0.0697. The molecule has 0 aliphatic rings. The molecule has 0 bridgehead atoms. The molecule has 1 rings (SSSR count). The summed E-state index contributed by atoms with van der Waals surface area (Å²) in [4.78, 5) is 10.6. The van der Waals surface area contributed by atoms with Gasteiger partial charge in [0, 0.05) is 13.0 Å². The highest BCUT2D eigenvalue weighted by Gasteiger charge is 2.07. The third-order valence-corrected chi connectivity index (χ3v) is 2.03. The van der Waals surface area contributed by atoms with Gasteiger partial charge in [-0.3, -0.25) is 0 Å². The van der Waals surface area contributed by atoms with Gasteiger partial charge in [0.2, 0.25) is 0 Å². The molecule has 1 aromatic carbocycles.